The van der Waals surface area contributed by atoms with Crippen LogP contribution in [0.5, 0.6) is 0 Å². The van der Waals surface area contributed by atoms with Crippen LogP contribution >= 0.6 is 23.1 Å². The minimum atomic E-state index is -0.603. The fourth-order valence-corrected chi connectivity index (χ4v) is 2.89. The van der Waals surface area contributed by atoms with Gasteiger partial charge >= 0.3 is 0 Å². The van der Waals surface area contributed by atoms with E-state index in [0.29, 0.717) is 0 Å². The van der Waals surface area contributed by atoms with Crippen molar-refractivity contribution in [3.63, 3.8) is 0 Å². The number of amides is 1. The highest BCUT2D eigenvalue weighted by Crippen LogP contribution is 2.22. The smallest absolute Gasteiger partial charge is 0.227 e. The van der Waals surface area contributed by atoms with Crippen molar-refractivity contribution in [3.05, 3.63) is 11.1 Å². The van der Waals surface area contributed by atoms with Crippen LogP contribution in [0.15, 0.2) is 9.72 Å². The quantitative estimate of drug-likeness (QED) is 0.658. The number of aromatic nitrogens is 1. The Morgan fingerprint density at radius 2 is 2.41 bits per heavy atom. The van der Waals surface area contributed by atoms with Crippen LogP contribution in [0.3, 0.4) is 0 Å². The zero-order valence-corrected chi connectivity index (χ0v) is 11.9. The molecule has 1 N–H and O–H groups in total. The van der Waals surface area contributed by atoms with Gasteiger partial charge in [0.2, 0.25) is 5.91 Å². The minimum Gasteiger partial charge on any atom is -0.340 e. The van der Waals surface area contributed by atoms with Crippen molar-refractivity contribution >= 4 is 29.0 Å². The first-order valence-electron chi connectivity index (χ1n) is 5.33. The average Bonchev–Trinajstić information content (AvgIpc) is 2.65. The summed E-state index contributed by atoms with van der Waals surface area (Å²) in [6.45, 7) is 5.67. The molecule has 1 heterocycles. The molecule has 0 aromatic carbocycles. The summed E-state index contributed by atoms with van der Waals surface area (Å²) in [6, 6.07) is 0. The molecule has 0 bridgehead atoms. The Labute approximate surface area is 110 Å². The number of hydrogen-bond acceptors (Lipinski definition) is 4. The van der Waals surface area contributed by atoms with Gasteiger partial charge in [0.25, 0.3) is 0 Å². The van der Waals surface area contributed by atoms with Crippen LogP contribution in [0.1, 0.15) is 26.5 Å². The van der Waals surface area contributed by atoms with Crippen LogP contribution in [0.25, 0.3) is 0 Å². The highest BCUT2D eigenvalue weighted by Gasteiger charge is 2.17. The fourth-order valence-electron chi connectivity index (χ4n) is 1.15. The summed E-state index contributed by atoms with van der Waals surface area (Å²) in [5.41, 5.74) is 0.199. The third kappa shape index (κ3) is 4.80. The third-order valence-electron chi connectivity index (χ3n) is 1.95. The van der Waals surface area contributed by atoms with E-state index in [-0.39, 0.29) is 12.3 Å². The molecule has 17 heavy (non-hydrogen) atoms. The summed E-state index contributed by atoms with van der Waals surface area (Å²) in [5.74, 6) is 3.43. The number of terminal acetylenes is 1. The van der Waals surface area contributed by atoms with E-state index in [4.69, 9.17) is 6.42 Å². The molecular weight excluding hydrogens is 252 g/mol. The van der Waals surface area contributed by atoms with Crippen LogP contribution in [0.4, 0.5) is 0 Å². The number of carbonyl (C=O) groups excluding carboxylic acids is 1. The van der Waals surface area contributed by atoms with Crippen molar-refractivity contribution in [1.29, 1.82) is 0 Å². The fraction of sp³-hybridized carbons (Fsp3) is 0.500. The van der Waals surface area contributed by atoms with Crippen molar-refractivity contribution in [3.8, 4) is 12.3 Å². The Morgan fingerprint density at radius 3 is 3.00 bits per heavy atom. The van der Waals surface area contributed by atoms with Crippen molar-refractivity contribution in [2.45, 2.75) is 37.1 Å². The second kappa shape index (κ2) is 6.08. The Balaban J connectivity index is 2.54. The standard InChI is InChI=1S/C12H16N2OS2/c1-5-12(3,4)14-10(15)7-9-8-17-11(13-9)16-6-2/h1,8H,6-7H2,2-4H3,(H,14,15). The number of thiazole rings is 1. The molecule has 0 unspecified atom stereocenters. The highest BCUT2D eigenvalue weighted by molar-refractivity contribution is 8.00. The maximum Gasteiger partial charge on any atom is 0.227 e. The lowest BCUT2D eigenvalue weighted by Gasteiger charge is -2.18. The van der Waals surface area contributed by atoms with Gasteiger partial charge in [0.05, 0.1) is 17.7 Å². The second-order valence-corrected chi connectivity index (χ2v) is 6.40. The first kappa shape index (κ1) is 14.1. The molecule has 5 heteroatoms. The lowest BCUT2D eigenvalue weighted by Crippen LogP contribution is -2.42. The van der Waals surface area contributed by atoms with E-state index in [2.05, 4.69) is 23.1 Å². The normalized spacial score (nSPS) is 10.9. The van der Waals surface area contributed by atoms with Gasteiger partial charge in [-0.1, -0.05) is 24.6 Å². The summed E-state index contributed by atoms with van der Waals surface area (Å²) in [4.78, 5) is 16.1. The van der Waals surface area contributed by atoms with Crippen LogP contribution in [-0.2, 0) is 11.2 Å². The molecule has 1 rings (SSSR count). The Bertz CT molecular complexity index is 432. The number of thioether (sulfide) groups is 1. The lowest BCUT2D eigenvalue weighted by atomic mass is 10.1. The molecule has 92 valence electrons. The molecule has 0 radical (unpaired) electrons. The number of carbonyl (C=O) groups is 1. The van der Waals surface area contributed by atoms with E-state index in [1.807, 2.05) is 5.38 Å². The zero-order valence-electron chi connectivity index (χ0n) is 10.2. The summed E-state index contributed by atoms with van der Waals surface area (Å²) in [6.07, 6.45) is 5.59. The molecule has 0 atom stereocenters. The van der Waals surface area contributed by atoms with Gasteiger partial charge in [-0.25, -0.2) is 4.98 Å². The first-order valence-corrected chi connectivity index (χ1v) is 7.19. The van der Waals surface area contributed by atoms with Crippen LogP contribution in [-0.4, -0.2) is 22.2 Å². The molecule has 0 aliphatic heterocycles. The van der Waals surface area contributed by atoms with Crippen molar-refractivity contribution < 1.29 is 4.79 Å². The summed E-state index contributed by atoms with van der Waals surface area (Å²) in [5, 5.41) is 4.70. The van der Waals surface area contributed by atoms with Gasteiger partial charge in [-0.3, -0.25) is 4.79 Å². The van der Waals surface area contributed by atoms with E-state index < -0.39 is 5.54 Å². The SMILES string of the molecule is C#CC(C)(C)NC(=O)Cc1csc(SCC)n1. The predicted octanol–water partition coefficient (Wildman–Crippen LogP) is 2.33. The third-order valence-corrected chi connectivity index (χ3v) is 3.90. The number of nitrogens with zero attached hydrogens (tertiary/aromatic N) is 1. The van der Waals surface area contributed by atoms with Crippen molar-refractivity contribution in [2.75, 3.05) is 5.75 Å². The molecular formula is C12H16N2OS2. The largest absolute Gasteiger partial charge is 0.340 e. The second-order valence-electron chi connectivity index (χ2n) is 4.03. The monoisotopic (exact) mass is 268 g/mol. The summed E-state index contributed by atoms with van der Waals surface area (Å²) in [7, 11) is 0. The van der Waals surface area contributed by atoms with E-state index in [9.17, 15) is 4.79 Å². The zero-order chi connectivity index (χ0) is 12.9. The summed E-state index contributed by atoms with van der Waals surface area (Å²) >= 11 is 3.26. The van der Waals surface area contributed by atoms with Gasteiger partial charge in [-0.15, -0.1) is 17.8 Å². The maximum atomic E-state index is 11.7. The Hall–Kier alpha value is -0.990. The van der Waals surface area contributed by atoms with Gasteiger partial charge in [0, 0.05) is 5.38 Å². The summed E-state index contributed by atoms with van der Waals surface area (Å²) < 4.78 is 1.01. The first-order chi connectivity index (χ1) is 7.96. The molecule has 0 spiro atoms. The van der Waals surface area contributed by atoms with Crippen LogP contribution in [0, 0.1) is 12.3 Å². The van der Waals surface area contributed by atoms with E-state index >= 15 is 0 Å². The minimum absolute atomic E-state index is 0.0914. The van der Waals surface area contributed by atoms with E-state index in [1.165, 1.54) is 0 Å². The molecule has 1 amide bonds. The molecule has 1 aromatic heterocycles. The van der Waals surface area contributed by atoms with Gasteiger partial charge in [-0.05, 0) is 19.6 Å². The lowest BCUT2D eigenvalue weighted by molar-refractivity contribution is -0.121. The van der Waals surface area contributed by atoms with Crippen LogP contribution < -0.4 is 5.32 Å². The molecule has 1 aromatic rings. The van der Waals surface area contributed by atoms with Gasteiger partial charge in [0.15, 0.2) is 0 Å². The molecule has 0 aliphatic rings. The number of hydrogen-bond donors (Lipinski definition) is 1. The van der Waals surface area contributed by atoms with Gasteiger partial charge < -0.3 is 5.32 Å². The predicted molar refractivity (Wildman–Crippen MR) is 73.3 cm³/mol. The Kier molecular flexibility index (Phi) is 5.03. The molecule has 0 aliphatic carbocycles. The van der Waals surface area contributed by atoms with Gasteiger partial charge in [0.1, 0.15) is 4.34 Å². The average molecular weight is 268 g/mol. The highest BCUT2D eigenvalue weighted by atomic mass is 32.2. The van der Waals surface area contributed by atoms with Crippen LogP contribution in [0.2, 0.25) is 0 Å². The molecule has 0 saturated heterocycles. The van der Waals surface area contributed by atoms with Crippen molar-refractivity contribution in [1.82, 2.24) is 10.3 Å². The van der Waals surface area contributed by atoms with Gasteiger partial charge in [-0.2, -0.15) is 0 Å². The maximum absolute atomic E-state index is 11.7. The van der Waals surface area contributed by atoms with E-state index in [0.717, 1.165) is 15.8 Å². The molecule has 0 fully saturated rings. The number of nitrogens with one attached hydrogen (secondary N) is 1. The van der Waals surface area contributed by atoms with E-state index in [1.54, 1.807) is 36.9 Å². The topological polar surface area (TPSA) is 42.0 Å². The molecule has 0 saturated carbocycles. The Morgan fingerprint density at radius 1 is 1.71 bits per heavy atom. The molecule has 3 nitrogen and oxygen atoms in total. The van der Waals surface area contributed by atoms with Crippen molar-refractivity contribution in [2.24, 2.45) is 0 Å². The number of rotatable bonds is 5.